The normalized spacial score (nSPS) is 10.4. The first kappa shape index (κ1) is 12.0. The van der Waals surface area contributed by atoms with E-state index in [9.17, 15) is 10.1 Å². The van der Waals surface area contributed by atoms with E-state index in [-0.39, 0.29) is 16.9 Å². The lowest BCUT2D eigenvalue weighted by atomic mass is 9.97. The fourth-order valence-electron chi connectivity index (χ4n) is 0.919. The van der Waals surface area contributed by atoms with Crippen molar-refractivity contribution in [3.05, 3.63) is 27.9 Å². The predicted octanol–water partition coefficient (Wildman–Crippen LogP) is 1.97. The first-order valence-corrected chi connectivity index (χ1v) is 4.73. The highest BCUT2D eigenvalue weighted by atomic mass is 16.6. The van der Waals surface area contributed by atoms with E-state index in [0.29, 0.717) is 5.56 Å². The Kier molecular flexibility index (Phi) is 3.14. The van der Waals surface area contributed by atoms with E-state index in [4.69, 9.17) is 5.73 Å². The number of nitrogen functional groups attached to an aromatic ring is 1. The molecular weight excluding hydrogens is 206 g/mol. The SMILES string of the molecule is CC(C)(C)C#Cc1cc([N+](=O)[O-])cnc1N. The van der Waals surface area contributed by atoms with Gasteiger partial charge in [0.25, 0.3) is 5.69 Å². The van der Waals surface area contributed by atoms with Gasteiger partial charge in [-0.05, 0) is 20.8 Å². The van der Waals surface area contributed by atoms with Crippen molar-refractivity contribution in [1.29, 1.82) is 0 Å². The van der Waals surface area contributed by atoms with Gasteiger partial charge in [0, 0.05) is 11.5 Å². The number of nitrogens with two attached hydrogens (primary N) is 1. The predicted molar refractivity (Wildman–Crippen MR) is 61.6 cm³/mol. The lowest BCUT2D eigenvalue weighted by molar-refractivity contribution is -0.385. The van der Waals surface area contributed by atoms with E-state index in [1.807, 2.05) is 20.8 Å². The molecular formula is C11H13N3O2. The van der Waals surface area contributed by atoms with Crippen LogP contribution in [-0.4, -0.2) is 9.91 Å². The smallest absolute Gasteiger partial charge is 0.288 e. The first-order valence-electron chi connectivity index (χ1n) is 4.73. The lowest BCUT2D eigenvalue weighted by Crippen LogP contribution is -2.01. The van der Waals surface area contributed by atoms with Crippen LogP contribution in [0.25, 0.3) is 0 Å². The minimum atomic E-state index is -0.519. The monoisotopic (exact) mass is 219 g/mol. The van der Waals surface area contributed by atoms with Crippen LogP contribution >= 0.6 is 0 Å². The number of nitrogens with zero attached hydrogens (tertiary/aromatic N) is 2. The third-order valence-electron chi connectivity index (χ3n) is 1.69. The molecule has 1 rings (SSSR count). The van der Waals surface area contributed by atoms with Crippen LogP contribution in [0.15, 0.2) is 12.3 Å². The summed E-state index contributed by atoms with van der Waals surface area (Å²) in [7, 11) is 0. The summed E-state index contributed by atoms with van der Waals surface area (Å²) in [6.07, 6.45) is 1.12. The van der Waals surface area contributed by atoms with Crippen LogP contribution in [-0.2, 0) is 0 Å². The van der Waals surface area contributed by atoms with Crippen LogP contribution in [0.1, 0.15) is 26.3 Å². The van der Waals surface area contributed by atoms with Crippen molar-refractivity contribution in [2.75, 3.05) is 5.73 Å². The molecule has 0 aromatic carbocycles. The molecule has 0 radical (unpaired) electrons. The van der Waals surface area contributed by atoms with Crippen LogP contribution in [0.5, 0.6) is 0 Å². The number of rotatable bonds is 1. The average Bonchev–Trinajstić information content (AvgIpc) is 2.14. The van der Waals surface area contributed by atoms with Crippen LogP contribution in [0.3, 0.4) is 0 Å². The molecule has 0 saturated heterocycles. The summed E-state index contributed by atoms with van der Waals surface area (Å²) in [6, 6.07) is 1.33. The number of hydrogen-bond donors (Lipinski definition) is 1. The number of nitro groups is 1. The largest absolute Gasteiger partial charge is 0.383 e. The zero-order valence-electron chi connectivity index (χ0n) is 9.44. The third-order valence-corrected chi connectivity index (χ3v) is 1.69. The molecule has 2 N–H and O–H groups in total. The van der Waals surface area contributed by atoms with Crippen molar-refractivity contribution in [3.63, 3.8) is 0 Å². The summed E-state index contributed by atoms with van der Waals surface area (Å²) in [5, 5.41) is 10.5. The Bertz CT molecular complexity index is 478. The van der Waals surface area contributed by atoms with Gasteiger partial charge in [0.1, 0.15) is 12.0 Å². The second-order valence-corrected chi connectivity index (χ2v) is 4.38. The second-order valence-electron chi connectivity index (χ2n) is 4.38. The quantitative estimate of drug-likeness (QED) is 0.444. The molecule has 0 atom stereocenters. The van der Waals surface area contributed by atoms with Gasteiger partial charge in [0.2, 0.25) is 0 Å². The fourth-order valence-corrected chi connectivity index (χ4v) is 0.919. The Balaban J connectivity index is 3.17. The molecule has 0 amide bonds. The van der Waals surface area contributed by atoms with Gasteiger partial charge in [-0.25, -0.2) is 4.98 Å². The van der Waals surface area contributed by atoms with Gasteiger partial charge >= 0.3 is 0 Å². The minimum Gasteiger partial charge on any atom is -0.383 e. The van der Waals surface area contributed by atoms with Crippen molar-refractivity contribution in [3.8, 4) is 11.8 Å². The molecule has 0 aliphatic heterocycles. The van der Waals surface area contributed by atoms with Crippen LogP contribution < -0.4 is 5.73 Å². The van der Waals surface area contributed by atoms with Crippen LogP contribution in [0.4, 0.5) is 11.5 Å². The van der Waals surface area contributed by atoms with E-state index in [1.165, 1.54) is 6.07 Å². The molecule has 5 heteroatoms. The Morgan fingerprint density at radius 3 is 2.62 bits per heavy atom. The zero-order valence-corrected chi connectivity index (χ0v) is 9.44. The molecule has 1 aromatic rings. The van der Waals surface area contributed by atoms with E-state index in [2.05, 4.69) is 16.8 Å². The molecule has 5 nitrogen and oxygen atoms in total. The number of anilines is 1. The van der Waals surface area contributed by atoms with Gasteiger partial charge in [-0.2, -0.15) is 0 Å². The second kappa shape index (κ2) is 4.19. The van der Waals surface area contributed by atoms with Crippen LogP contribution in [0.2, 0.25) is 0 Å². The Labute approximate surface area is 93.8 Å². The highest BCUT2D eigenvalue weighted by molar-refractivity contribution is 5.54. The molecule has 0 spiro atoms. The summed E-state index contributed by atoms with van der Waals surface area (Å²) < 4.78 is 0. The van der Waals surface area contributed by atoms with Gasteiger partial charge in [0.05, 0.1) is 10.5 Å². The highest BCUT2D eigenvalue weighted by Gasteiger charge is 2.10. The molecule has 16 heavy (non-hydrogen) atoms. The number of hydrogen-bond acceptors (Lipinski definition) is 4. The van der Waals surface area contributed by atoms with E-state index < -0.39 is 4.92 Å². The maximum atomic E-state index is 10.5. The summed E-state index contributed by atoms with van der Waals surface area (Å²) in [6.45, 7) is 5.84. The Morgan fingerprint density at radius 1 is 1.50 bits per heavy atom. The topological polar surface area (TPSA) is 82.0 Å². The van der Waals surface area contributed by atoms with Crippen molar-refractivity contribution in [2.45, 2.75) is 20.8 Å². The van der Waals surface area contributed by atoms with Crippen LogP contribution in [0, 0.1) is 27.4 Å². The van der Waals surface area contributed by atoms with Crippen molar-refractivity contribution in [2.24, 2.45) is 5.41 Å². The van der Waals surface area contributed by atoms with Gasteiger partial charge in [0.15, 0.2) is 0 Å². The Morgan fingerprint density at radius 2 is 2.12 bits per heavy atom. The molecule has 0 aliphatic rings. The molecule has 1 heterocycles. The molecule has 84 valence electrons. The highest BCUT2D eigenvalue weighted by Crippen LogP contribution is 2.17. The maximum absolute atomic E-state index is 10.5. The molecule has 0 saturated carbocycles. The molecule has 0 aliphatic carbocycles. The standard InChI is InChI=1S/C11H13N3O2/c1-11(2,3)5-4-8-6-9(14(15)16)7-13-10(8)12/h6-7H,1-3H3,(H2,12,13). The minimum absolute atomic E-state index is 0.104. The summed E-state index contributed by atoms with van der Waals surface area (Å²) in [5.74, 6) is 5.97. The lowest BCUT2D eigenvalue weighted by Gasteiger charge is -2.07. The zero-order chi connectivity index (χ0) is 12.3. The summed E-state index contributed by atoms with van der Waals surface area (Å²) >= 11 is 0. The van der Waals surface area contributed by atoms with E-state index in [0.717, 1.165) is 6.20 Å². The van der Waals surface area contributed by atoms with Crippen molar-refractivity contribution in [1.82, 2.24) is 4.98 Å². The van der Waals surface area contributed by atoms with Gasteiger partial charge in [-0.1, -0.05) is 11.8 Å². The van der Waals surface area contributed by atoms with E-state index in [1.54, 1.807) is 0 Å². The number of pyridine rings is 1. The van der Waals surface area contributed by atoms with Gasteiger partial charge in [-0.15, -0.1) is 0 Å². The van der Waals surface area contributed by atoms with Gasteiger partial charge < -0.3 is 5.73 Å². The summed E-state index contributed by atoms with van der Waals surface area (Å²) in [4.78, 5) is 13.8. The van der Waals surface area contributed by atoms with Crippen molar-refractivity contribution < 1.29 is 4.92 Å². The fraction of sp³-hybridized carbons (Fsp3) is 0.364. The maximum Gasteiger partial charge on any atom is 0.288 e. The molecule has 0 unspecified atom stereocenters. The number of aromatic nitrogens is 1. The molecule has 0 fully saturated rings. The Hall–Kier alpha value is -2.09. The molecule has 1 aromatic heterocycles. The average molecular weight is 219 g/mol. The van der Waals surface area contributed by atoms with E-state index >= 15 is 0 Å². The van der Waals surface area contributed by atoms with Gasteiger partial charge in [-0.3, -0.25) is 10.1 Å². The first-order chi connectivity index (χ1) is 7.29. The molecule has 0 bridgehead atoms. The van der Waals surface area contributed by atoms with Crippen molar-refractivity contribution >= 4 is 11.5 Å². The summed E-state index contributed by atoms with van der Waals surface area (Å²) in [5.41, 5.74) is 5.69. The third kappa shape index (κ3) is 3.24.